The first-order chi connectivity index (χ1) is 21.1. The highest BCUT2D eigenvalue weighted by atomic mass is 32.1. The molecule has 2 saturated carbocycles. The summed E-state index contributed by atoms with van der Waals surface area (Å²) >= 11 is 1.87. The minimum Gasteiger partial charge on any atom is -0.457 e. The van der Waals surface area contributed by atoms with E-state index in [9.17, 15) is 0 Å². The lowest BCUT2D eigenvalue weighted by Crippen LogP contribution is -2.52. The number of fused-ring (bicyclic) bond motifs is 1. The first-order valence-corrected chi connectivity index (χ1v) is 17.2. The molecule has 226 valence electrons. The molecule has 1 saturated heterocycles. The van der Waals surface area contributed by atoms with Gasteiger partial charge in [0, 0.05) is 48.5 Å². The maximum absolute atomic E-state index is 6.49. The Bertz CT molecular complexity index is 1480. The fraction of sp³-hybridized carbons (Fsp3) is 0.500. The standard InChI is InChI=1S/C36H45N5OS/c1-25-7-9-26(10-8-25)23-40-19-21-41(22-20-40)29-15-11-28(12-16-29)35-33-32(36(37)39-24-38-33)34(43-35)27-13-17-31(18-14-27)42-30-5-3-2-4-6-30/h2-6,13-14,17-18,24-26,28-29H,7-12,15-16,19-23H2,1H3,(H2,37,38,39). The Hall–Kier alpha value is -3.00. The van der Waals surface area contributed by atoms with Crippen LogP contribution in [0.5, 0.6) is 11.5 Å². The van der Waals surface area contributed by atoms with Crippen molar-refractivity contribution >= 4 is 28.1 Å². The molecule has 43 heavy (non-hydrogen) atoms. The number of nitrogens with zero attached hydrogens (tertiary/aromatic N) is 4. The Morgan fingerprint density at radius 2 is 1.51 bits per heavy atom. The van der Waals surface area contributed by atoms with Gasteiger partial charge < -0.3 is 15.4 Å². The van der Waals surface area contributed by atoms with E-state index in [1.54, 1.807) is 6.33 Å². The second kappa shape index (κ2) is 12.9. The number of piperazine rings is 1. The molecule has 7 rings (SSSR count). The third kappa shape index (κ3) is 6.45. The van der Waals surface area contributed by atoms with Crippen molar-refractivity contribution < 1.29 is 4.74 Å². The second-order valence-corrected chi connectivity index (χ2v) is 14.2. The van der Waals surface area contributed by atoms with Crippen molar-refractivity contribution in [2.24, 2.45) is 11.8 Å². The summed E-state index contributed by atoms with van der Waals surface area (Å²) in [5, 5.41) is 1.00. The molecular weight excluding hydrogens is 550 g/mol. The molecule has 0 amide bonds. The Morgan fingerprint density at radius 3 is 2.23 bits per heavy atom. The predicted octanol–water partition coefficient (Wildman–Crippen LogP) is 8.20. The Kier molecular flexibility index (Phi) is 8.64. The first-order valence-electron chi connectivity index (χ1n) is 16.4. The molecule has 2 N–H and O–H groups in total. The van der Waals surface area contributed by atoms with Crippen LogP contribution in [0, 0.1) is 11.8 Å². The van der Waals surface area contributed by atoms with Crippen LogP contribution in [-0.4, -0.2) is 58.5 Å². The zero-order chi connectivity index (χ0) is 29.2. The van der Waals surface area contributed by atoms with Gasteiger partial charge in [-0.1, -0.05) is 38.0 Å². The van der Waals surface area contributed by atoms with Gasteiger partial charge in [0.15, 0.2) is 0 Å². The first kappa shape index (κ1) is 28.8. The van der Waals surface area contributed by atoms with Crippen molar-refractivity contribution in [1.82, 2.24) is 19.8 Å². The molecule has 0 bridgehead atoms. The van der Waals surface area contributed by atoms with E-state index in [0.717, 1.165) is 45.8 Å². The van der Waals surface area contributed by atoms with Gasteiger partial charge in [-0.3, -0.25) is 4.90 Å². The maximum Gasteiger partial charge on any atom is 0.136 e. The Balaban J connectivity index is 0.996. The highest BCUT2D eigenvalue weighted by molar-refractivity contribution is 7.17. The van der Waals surface area contributed by atoms with Crippen LogP contribution in [0.3, 0.4) is 0 Å². The molecule has 0 unspecified atom stereocenters. The van der Waals surface area contributed by atoms with Gasteiger partial charge in [-0.2, -0.15) is 0 Å². The van der Waals surface area contributed by atoms with Crippen LogP contribution in [0.1, 0.15) is 69.1 Å². The minimum absolute atomic E-state index is 0.530. The number of thiophene rings is 1. The molecule has 3 heterocycles. The van der Waals surface area contributed by atoms with E-state index in [4.69, 9.17) is 15.5 Å². The molecule has 0 spiro atoms. The topological polar surface area (TPSA) is 67.5 Å². The van der Waals surface area contributed by atoms with Crippen molar-refractivity contribution in [3.63, 3.8) is 0 Å². The van der Waals surface area contributed by atoms with Crippen LogP contribution in [0.15, 0.2) is 60.9 Å². The van der Waals surface area contributed by atoms with Crippen molar-refractivity contribution in [2.75, 3.05) is 38.5 Å². The quantitative estimate of drug-likeness (QED) is 0.232. The van der Waals surface area contributed by atoms with E-state index in [1.807, 2.05) is 53.8 Å². The number of hydrogen-bond donors (Lipinski definition) is 1. The highest BCUT2D eigenvalue weighted by Gasteiger charge is 2.32. The highest BCUT2D eigenvalue weighted by Crippen LogP contribution is 2.47. The fourth-order valence-electron chi connectivity index (χ4n) is 7.69. The minimum atomic E-state index is 0.530. The lowest BCUT2D eigenvalue weighted by molar-refractivity contribution is 0.0633. The predicted molar refractivity (Wildman–Crippen MR) is 178 cm³/mol. The van der Waals surface area contributed by atoms with Crippen molar-refractivity contribution in [1.29, 1.82) is 0 Å². The van der Waals surface area contributed by atoms with E-state index in [0.29, 0.717) is 11.7 Å². The number of anilines is 1. The summed E-state index contributed by atoms with van der Waals surface area (Å²) in [6.45, 7) is 8.71. The molecule has 1 aliphatic heterocycles. The number of benzene rings is 2. The van der Waals surface area contributed by atoms with Gasteiger partial charge >= 0.3 is 0 Å². The van der Waals surface area contributed by atoms with E-state index in [1.165, 1.54) is 93.8 Å². The molecular formula is C36H45N5OS. The van der Waals surface area contributed by atoms with Gasteiger partial charge in [-0.05, 0) is 98.2 Å². The van der Waals surface area contributed by atoms with Crippen LogP contribution in [-0.2, 0) is 0 Å². The van der Waals surface area contributed by atoms with Crippen LogP contribution in [0.25, 0.3) is 21.3 Å². The summed E-state index contributed by atoms with van der Waals surface area (Å²) in [4.78, 5) is 17.3. The molecule has 2 aromatic heterocycles. The molecule has 0 radical (unpaired) electrons. The molecule has 4 aromatic rings. The van der Waals surface area contributed by atoms with Gasteiger partial charge in [0.2, 0.25) is 0 Å². The van der Waals surface area contributed by atoms with Crippen LogP contribution in [0.2, 0.25) is 0 Å². The SMILES string of the molecule is CC1CCC(CN2CCN(C3CCC(c4sc(-c5ccc(Oc6ccccc6)cc5)c5c(N)ncnc45)CC3)CC2)CC1. The summed E-state index contributed by atoms with van der Waals surface area (Å²) in [6.07, 6.45) is 12.4. The van der Waals surface area contributed by atoms with Gasteiger partial charge in [-0.25, -0.2) is 9.97 Å². The number of aromatic nitrogens is 2. The fourth-order valence-corrected chi connectivity index (χ4v) is 9.12. The van der Waals surface area contributed by atoms with Crippen LogP contribution < -0.4 is 10.5 Å². The molecule has 3 aliphatic rings. The number of ether oxygens (including phenoxy) is 1. The zero-order valence-electron chi connectivity index (χ0n) is 25.5. The summed E-state index contributed by atoms with van der Waals surface area (Å²) < 4.78 is 6.03. The molecule has 3 fully saturated rings. The lowest BCUT2D eigenvalue weighted by Gasteiger charge is -2.43. The Morgan fingerprint density at radius 1 is 0.814 bits per heavy atom. The molecule has 2 aromatic carbocycles. The van der Waals surface area contributed by atoms with Crippen LogP contribution in [0.4, 0.5) is 5.82 Å². The van der Waals surface area contributed by atoms with Gasteiger partial charge in [0.05, 0.1) is 10.9 Å². The van der Waals surface area contributed by atoms with E-state index in [-0.39, 0.29) is 0 Å². The molecule has 0 atom stereocenters. The number of hydrogen-bond acceptors (Lipinski definition) is 7. The number of nitrogen functional groups attached to an aromatic ring is 1. The van der Waals surface area contributed by atoms with Gasteiger partial charge in [-0.15, -0.1) is 11.3 Å². The van der Waals surface area contributed by atoms with Crippen molar-refractivity contribution in [3.8, 4) is 21.9 Å². The van der Waals surface area contributed by atoms with E-state index >= 15 is 0 Å². The largest absolute Gasteiger partial charge is 0.457 e. The third-order valence-electron chi connectivity index (χ3n) is 10.3. The summed E-state index contributed by atoms with van der Waals surface area (Å²) in [5.41, 5.74) is 8.67. The van der Waals surface area contributed by atoms with Crippen LogP contribution >= 0.6 is 11.3 Å². The van der Waals surface area contributed by atoms with Gasteiger partial charge in [0.1, 0.15) is 23.6 Å². The lowest BCUT2D eigenvalue weighted by atomic mass is 9.82. The number of para-hydroxylation sites is 1. The van der Waals surface area contributed by atoms with Crippen molar-refractivity contribution in [3.05, 3.63) is 65.8 Å². The Labute approximate surface area is 260 Å². The average molecular weight is 596 g/mol. The molecule has 6 nitrogen and oxygen atoms in total. The summed E-state index contributed by atoms with van der Waals surface area (Å²) in [6, 6.07) is 19.0. The monoisotopic (exact) mass is 595 g/mol. The second-order valence-electron chi connectivity index (χ2n) is 13.2. The number of nitrogens with two attached hydrogens (primary N) is 1. The normalized spacial score (nSPS) is 25.6. The summed E-state index contributed by atoms with van der Waals surface area (Å²) in [5.74, 6) is 4.64. The van der Waals surface area contributed by atoms with Crippen molar-refractivity contribution in [2.45, 2.75) is 70.3 Å². The molecule has 2 aliphatic carbocycles. The summed E-state index contributed by atoms with van der Waals surface area (Å²) in [7, 11) is 0. The average Bonchev–Trinajstić information content (AvgIpc) is 3.45. The number of rotatable bonds is 7. The third-order valence-corrected chi connectivity index (χ3v) is 11.7. The maximum atomic E-state index is 6.49. The van der Waals surface area contributed by atoms with E-state index in [2.05, 4.69) is 33.8 Å². The smallest absolute Gasteiger partial charge is 0.136 e. The molecule has 7 heteroatoms. The van der Waals surface area contributed by atoms with Gasteiger partial charge in [0.25, 0.3) is 0 Å². The van der Waals surface area contributed by atoms with E-state index < -0.39 is 0 Å². The zero-order valence-corrected chi connectivity index (χ0v) is 26.3.